The van der Waals surface area contributed by atoms with Crippen LogP contribution in [0.3, 0.4) is 0 Å². The van der Waals surface area contributed by atoms with Crippen molar-refractivity contribution >= 4 is 22.4 Å². The Bertz CT molecular complexity index is 831. The zero-order chi connectivity index (χ0) is 16.4. The predicted molar refractivity (Wildman–Crippen MR) is 81.1 cm³/mol. The van der Waals surface area contributed by atoms with E-state index in [9.17, 15) is 9.18 Å². The van der Waals surface area contributed by atoms with Crippen molar-refractivity contribution in [2.24, 2.45) is 0 Å². The minimum Gasteiger partial charge on any atom is -0.296 e. The first-order valence-corrected chi connectivity index (χ1v) is 7.54. The van der Waals surface area contributed by atoms with Gasteiger partial charge in [0.05, 0.1) is 11.3 Å². The molecule has 8 nitrogen and oxygen atoms in total. The van der Waals surface area contributed by atoms with E-state index in [1.807, 2.05) is 13.8 Å². The van der Waals surface area contributed by atoms with Crippen LogP contribution in [-0.4, -0.2) is 36.3 Å². The second-order valence-electron chi connectivity index (χ2n) is 4.97. The number of halogens is 1. The van der Waals surface area contributed by atoms with Crippen molar-refractivity contribution in [3.8, 4) is 5.69 Å². The summed E-state index contributed by atoms with van der Waals surface area (Å²) in [5.74, 6) is -0.835. The van der Waals surface area contributed by atoms with Gasteiger partial charge in [0, 0.05) is 5.92 Å². The predicted octanol–water partition coefficient (Wildman–Crippen LogP) is 2.03. The molecule has 1 amide bonds. The number of anilines is 1. The third-order valence-electron chi connectivity index (χ3n) is 2.95. The molecule has 0 aliphatic rings. The lowest BCUT2D eigenvalue weighted by Crippen LogP contribution is -2.15. The van der Waals surface area contributed by atoms with Crippen LogP contribution in [0.25, 0.3) is 5.69 Å². The number of nitrogens with zero attached hydrogens (tertiary/aromatic N) is 6. The third kappa shape index (κ3) is 3.21. The summed E-state index contributed by atoms with van der Waals surface area (Å²) >= 11 is 1.28. The zero-order valence-corrected chi connectivity index (χ0v) is 13.1. The summed E-state index contributed by atoms with van der Waals surface area (Å²) in [5, 5.41) is 22.4. The minimum atomic E-state index is -0.535. The lowest BCUT2D eigenvalue weighted by atomic mass is 10.1. The molecule has 0 atom stereocenters. The Morgan fingerprint density at radius 3 is 2.83 bits per heavy atom. The van der Waals surface area contributed by atoms with Gasteiger partial charge in [-0.2, -0.15) is 4.68 Å². The topological polar surface area (TPSA) is 98.5 Å². The molecule has 0 saturated heterocycles. The van der Waals surface area contributed by atoms with Gasteiger partial charge in [-0.1, -0.05) is 25.2 Å². The lowest BCUT2D eigenvalue weighted by Gasteiger charge is -2.07. The SMILES string of the molecule is CC(C)c1nnc(NC(=O)c2cc(F)ccc2-n2cnnn2)s1. The normalized spacial score (nSPS) is 11.0. The van der Waals surface area contributed by atoms with E-state index >= 15 is 0 Å². The number of amides is 1. The zero-order valence-electron chi connectivity index (χ0n) is 12.3. The number of hydrogen-bond donors (Lipinski definition) is 1. The summed E-state index contributed by atoms with van der Waals surface area (Å²) in [6, 6.07) is 3.78. The molecule has 23 heavy (non-hydrogen) atoms. The Labute approximate surface area is 134 Å². The van der Waals surface area contributed by atoms with Gasteiger partial charge in [-0.15, -0.1) is 15.3 Å². The van der Waals surface area contributed by atoms with Gasteiger partial charge in [0.15, 0.2) is 0 Å². The van der Waals surface area contributed by atoms with Gasteiger partial charge in [-0.25, -0.2) is 4.39 Å². The van der Waals surface area contributed by atoms with Gasteiger partial charge >= 0.3 is 0 Å². The first kappa shape index (κ1) is 15.2. The highest BCUT2D eigenvalue weighted by atomic mass is 32.1. The van der Waals surface area contributed by atoms with Crippen LogP contribution in [0.4, 0.5) is 9.52 Å². The van der Waals surface area contributed by atoms with Gasteiger partial charge < -0.3 is 0 Å². The van der Waals surface area contributed by atoms with Crippen LogP contribution in [0.1, 0.15) is 35.1 Å². The van der Waals surface area contributed by atoms with Crippen molar-refractivity contribution in [1.29, 1.82) is 0 Å². The average molecular weight is 333 g/mol. The summed E-state index contributed by atoms with van der Waals surface area (Å²) in [4.78, 5) is 12.4. The van der Waals surface area contributed by atoms with Crippen molar-refractivity contribution < 1.29 is 9.18 Å². The van der Waals surface area contributed by atoms with Crippen molar-refractivity contribution in [2.75, 3.05) is 5.32 Å². The number of rotatable bonds is 4. The molecule has 3 aromatic rings. The van der Waals surface area contributed by atoms with E-state index in [1.165, 1.54) is 34.5 Å². The molecule has 2 heterocycles. The van der Waals surface area contributed by atoms with Crippen LogP contribution >= 0.6 is 11.3 Å². The first-order valence-electron chi connectivity index (χ1n) is 6.72. The van der Waals surface area contributed by atoms with Crippen LogP contribution in [0, 0.1) is 5.82 Å². The highest BCUT2D eigenvalue weighted by molar-refractivity contribution is 7.15. The number of nitrogens with one attached hydrogen (secondary N) is 1. The molecule has 118 valence electrons. The Hall–Kier alpha value is -2.75. The maximum absolute atomic E-state index is 13.5. The highest BCUT2D eigenvalue weighted by Crippen LogP contribution is 2.23. The van der Waals surface area contributed by atoms with E-state index in [0.717, 1.165) is 11.1 Å². The Morgan fingerprint density at radius 2 is 2.17 bits per heavy atom. The molecule has 10 heteroatoms. The maximum atomic E-state index is 13.5. The van der Waals surface area contributed by atoms with E-state index in [0.29, 0.717) is 10.8 Å². The number of carbonyl (C=O) groups is 1. The summed E-state index contributed by atoms with van der Waals surface area (Å²) in [6.45, 7) is 3.96. The molecule has 3 rings (SSSR count). The van der Waals surface area contributed by atoms with E-state index in [4.69, 9.17) is 0 Å². The lowest BCUT2D eigenvalue weighted by molar-refractivity contribution is 0.102. The molecule has 0 saturated carbocycles. The Kier molecular flexibility index (Phi) is 4.06. The second kappa shape index (κ2) is 6.16. The molecule has 0 spiro atoms. The molecule has 0 aliphatic carbocycles. The Morgan fingerprint density at radius 1 is 1.35 bits per heavy atom. The third-order valence-corrected chi connectivity index (χ3v) is 4.09. The van der Waals surface area contributed by atoms with Crippen molar-refractivity contribution in [3.63, 3.8) is 0 Å². The van der Waals surface area contributed by atoms with Gasteiger partial charge in [0.25, 0.3) is 5.91 Å². The number of hydrogen-bond acceptors (Lipinski definition) is 7. The molecular weight excluding hydrogens is 321 g/mol. The van der Waals surface area contributed by atoms with Gasteiger partial charge in [0.2, 0.25) is 5.13 Å². The van der Waals surface area contributed by atoms with Crippen LogP contribution in [-0.2, 0) is 0 Å². The van der Waals surface area contributed by atoms with Crippen LogP contribution in [0.5, 0.6) is 0 Å². The van der Waals surface area contributed by atoms with Crippen LogP contribution in [0.2, 0.25) is 0 Å². The molecular formula is C13H12FN7OS. The van der Waals surface area contributed by atoms with Crippen molar-refractivity contribution in [3.05, 3.63) is 40.9 Å². The highest BCUT2D eigenvalue weighted by Gasteiger charge is 2.17. The number of benzene rings is 1. The van der Waals surface area contributed by atoms with Crippen LogP contribution in [0.15, 0.2) is 24.5 Å². The fraction of sp³-hybridized carbons (Fsp3) is 0.231. The molecule has 1 aromatic carbocycles. The smallest absolute Gasteiger partial charge is 0.259 e. The molecule has 2 aromatic heterocycles. The Balaban J connectivity index is 1.91. The average Bonchev–Trinajstić information content (AvgIpc) is 3.18. The van der Waals surface area contributed by atoms with Gasteiger partial charge in [-0.3, -0.25) is 10.1 Å². The van der Waals surface area contributed by atoms with Gasteiger partial charge in [0.1, 0.15) is 17.2 Å². The van der Waals surface area contributed by atoms with E-state index in [1.54, 1.807) is 0 Å². The summed E-state index contributed by atoms with van der Waals surface area (Å²) < 4.78 is 14.8. The van der Waals surface area contributed by atoms with E-state index in [2.05, 4.69) is 31.0 Å². The first-order chi connectivity index (χ1) is 11.0. The summed E-state index contributed by atoms with van der Waals surface area (Å²) in [7, 11) is 0. The molecule has 1 N–H and O–H groups in total. The van der Waals surface area contributed by atoms with Crippen molar-refractivity contribution in [1.82, 2.24) is 30.4 Å². The summed E-state index contributed by atoms with van der Waals surface area (Å²) in [6.07, 6.45) is 1.33. The largest absolute Gasteiger partial charge is 0.296 e. The molecule has 0 fully saturated rings. The fourth-order valence-corrected chi connectivity index (χ4v) is 2.59. The molecule has 0 unspecified atom stereocenters. The van der Waals surface area contributed by atoms with Crippen molar-refractivity contribution in [2.45, 2.75) is 19.8 Å². The quantitative estimate of drug-likeness (QED) is 0.784. The second-order valence-corrected chi connectivity index (χ2v) is 5.98. The summed E-state index contributed by atoms with van der Waals surface area (Å²) in [5.41, 5.74) is 0.459. The monoisotopic (exact) mass is 333 g/mol. The molecule has 0 radical (unpaired) electrons. The maximum Gasteiger partial charge on any atom is 0.259 e. The number of carbonyl (C=O) groups excluding carboxylic acids is 1. The molecule has 0 bridgehead atoms. The minimum absolute atomic E-state index is 0.0959. The van der Waals surface area contributed by atoms with E-state index < -0.39 is 11.7 Å². The number of tetrazole rings is 1. The van der Waals surface area contributed by atoms with Crippen LogP contribution < -0.4 is 5.32 Å². The standard InChI is InChI=1S/C13H12FN7OS/c1-7(2)12-17-18-13(23-12)16-11(22)9-5-8(14)3-4-10(9)21-6-15-19-20-21/h3-7H,1-2H3,(H,16,18,22). The van der Waals surface area contributed by atoms with Gasteiger partial charge in [-0.05, 0) is 28.6 Å². The fourth-order valence-electron chi connectivity index (χ4n) is 1.84. The number of aromatic nitrogens is 6. The molecule has 0 aliphatic heterocycles. The van der Waals surface area contributed by atoms with E-state index in [-0.39, 0.29) is 11.5 Å².